The molecule has 1 aliphatic heterocycles. The maximum Gasteiger partial charge on any atom is 0.177 e. The van der Waals surface area contributed by atoms with Gasteiger partial charge in [0.15, 0.2) is 28.9 Å². The average molecular weight is 477 g/mol. The van der Waals surface area contributed by atoms with Gasteiger partial charge in [-0.05, 0) is 6.07 Å². The van der Waals surface area contributed by atoms with Gasteiger partial charge in [0, 0.05) is 11.6 Å². The molecule has 5 N–H and O–H groups in total. The fraction of sp³-hybridized carbons (Fsp3) is 0.476. The van der Waals surface area contributed by atoms with Crippen LogP contribution in [0.3, 0.4) is 0 Å². The highest BCUT2D eigenvalue weighted by atomic mass is 16.6. The van der Waals surface area contributed by atoms with Crippen molar-refractivity contribution in [1.82, 2.24) is 19.5 Å². The van der Waals surface area contributed by atoms with Crippen molar-refractivity contribution in [3.8, 4) is 17.2 Å². The van der Waals surface area contributed by atoms with Crippen molar-refractivity contribution in [1.29, 1.82) is 0 Å². The van der Waals surface area contributed by atoms with E-state index in [1.807, 2.05) is 0 Å². The predicted octanol–water partition coefficient (Wildman–Crippen LogP) is -1.14. The number of H-pyrrole nitrogens is 1. The van der Waals surface area contributed by atoms with E-state index in [1.54, 1.807) is 19.2 Å². The van der Waals surface area contributed by atoms with Crippen LogP contribution in [0.1, 0.15) is 11.8 Å². The van der Waals surface area contributed by atoms with E-state index in [0.29, 0.717) is 39.5 Å². The molecule has 2 aromatic heterocycles. The Balaban J connectivity index is 1.73. The molecule has 0 radical (unpaired) electrons. The Bertz CT molecular complexity index is 1210. The summed E-state index contributed by atoms with van der Waals surface area (Å²) in [6.07, 6.45) is -3.91. The van der Waals surface area contributed by atoms with Gasteiger partial charge in [-0.25, -0.2) is 9.97 Å². The van der Waals surface area contributed by atoms with Crippen molar-refractivity contribution in [3.63, 3.8) is 0 Å². The minimum absolute atomic E-state index is 0.182. The summed E-state index contributed by atoms with van der Waals surface area (Å²) in [5, 5.41) is 40.2. The lowest BCUT2D eigenvalue weighted by molar-refractivity contribution is -0.250. The molecular formula is C21H27N5O8. The highest BCUT2D eigenvalue weighted by molar-refractivity contribution is 5.68. The number of aliphatic hydroxyl groups excluding tert-OH is 4. The number of hydrogen-bond acceptors (Lipinski definition) is 11. The van der Waals surface area contributed by atoms with E-state index in [9.17, 15) is 20.4 Å². The van der Waals surface area contributed by atoms with E-state index in [-0.39, 0.29) is 6.54 Å². The number of nitrogens with one attached hydrogen (secondary N) is 1. The lowest BCUT2D eigenvalue weighted by atomic mass is 9.98. The smallest absolute Gasteiger partial charge is 0.177 e. The van der Waals surface area contributed by atoms with E-state index >= 15 is 0 Å². The lowest BCUT2D eigenvalue weighted by Crippen LogP contribution is -2.56. The average Bonchev–Trinajstić information content (AvgIpc) is 3.36. The minimum atomic E-state index is -1.53. The Hall–Kier alpha value is -3.23. The van der Waals surface area contributed by atoms with Crippen molar-refractivity contribution in [2.45, 2.75) is 37.2 Å². The SMILES string of the molecule is COc1cc(CN=c2ncn(C3O[C@H](CO)[C@@H](O)[C@H](O)[C@H]3O)c3nc[nH]c23)c(OC)c(OC)c1. The zero-order valence-corrected chi connectivity index (χ0v) is 18.8. The molecule has 1 aromatic carbocycles. The van der Waals surface area contributed by atoms with Crippen LogP contribution in [0.15, 0.2) is 29.8 Å². The summed E-state index contributed by atoms with van der Waals surface area (Å²) in [5.41, 5.74) is 1.83. The van der Waals surface area contributed by atoms with Crippen LogP contribution in [0.4, 0.5) is 0 Å². The second kappa shape index (κ2) is 9.95. The van der Waals surface area contributed by atoms with E-state index in [2.05, 4.69) is 19.9 Å². The third kappa shape index (κ3) is 4.19. The molecule has 1 unspecified atom stereocenters. The molecule has 4 rings (SSSR count). The molecule has 0 aliphatic carbocycles. The van der Waals surface area contributed by atoms with E-state index in [4.69, 9.17) is 18.9 Å². The Morgan fingerprint density at radius 3 is 2.53 bits per heavy atom. The molecule has 34 heavy (non-hydrogen) atoms. The van der Waals surface area contributed by atoms with Crippen molar-refractivity contribution in [2.75, 3.05) is 27.9 Å². The van der Waals surface area contributed by atoms with Gasteiger partial charge in [-0.3, -0.25) is 9.56 Å². The Morgan fingerprint density at radius 2 is 1.85 bits per heavy atom. The van der Waals surface area contributed by atoms with Crippen molar-refractivity contribution >= 4 is 11.2 Å². The summed E-state index contributed by atoms with van der Waals surface area (Å²) in [6, 6.07) is 3.49. The fourth-order valence-electron chi connectivity index (χ4n) is 3.91. The number of rotatable bonds is 7. The zero-order valence-electron chi connectivity index (χ0n) is 18.8. The monoisotopic (exact) mass is 477 g/mol. The number of imidazole rings is 1. The maximum absolute atomic E-state index is 10.5. The van der Waals surface area contributed by atoms with Gasteiger partial charge in [0.2, 0.25) is 0 Å². The van der Waals surface area contributed by atoms with Crippen LogP contribution in [0.2, 0.25) is 0 Å². The number of fused-ring (bicyclic) bond motifs is 1. The molecule has 0 amide bonds. The predicted molar refractivity (Wildman–Crippen MR) is 116 cm³/mol. The highest BCUT2D eigenvalue weighted by Crippen LogP contribution is 2.36. The molecule has 5 atom stereocenters. The summed E-state index contributed by atoms with van der Waals surface area (Å²) in [4.78, 5) is 16.2. The molecule has 3 heterocycles. The molecule has 13 heteroatoms. The van der Waals surface area contributed by atoms with Crippen LogP contribution in [-0.2, 0) is 11.3 Å². The quantitative estimate of drug-likeness (QED) is 0.279. The summed E-state index contributed by atoms with van der Waals surface area (Å²) in [7, 11) is 4.61. The molecule has 184 valence electrons. The van der Waals surface area contributed by atoms with Gasteiger partial charge in [-0.2, -0.15) is 0 Å². The van der Waals surface area contributed by atoms with Gasteiger partial charge in [0.25, 0.3) is 0 Å². The largest absolute Gasteiger partial charge is 0.497 e. The number of ether oxygens (including phenoxy) is 4. The standard InChI is InChI=1S/C21H27N5O8/c1-31-11-4-10(18(33-3)12(5-11)32-2)6-22-19-14-20(24-8-23-14)26(9-25-19)21-17(30)16(29)15(28)13(7-27)34-21/h4-5,8-9,13,15-17,21,27-30H,6-7H2,1-3H3,(H,23,24)/t13-,15-,16+,17-,21?/m1/s1. The molecule has 1 saturated heterocycles. The second-order valence-corrected chi connectivity index (χ2v) is 7.63. The Morgan fingerprint density at radius 1 is 1.06 bits per heavy atom. The van der Waals surface area contributed by atoms with Crippen molar-refractivity contribution in [3.05, 3.63) is 35.8 Å². The van der Waals surface area contributed by atoms with Crippen molar-refractivity contribution < 1.29 is 39.4 Å². The molecule has 1 fully saturated rings. The summed E-state index contributed by atoms with van der Waals surface area (Å²) >= 11 is 0. The first-order valence-corrected chi connectivity index (χ1v) is 10.4. The first kappa shape index (κ1) is 23.9. The molecule has 1 aliphatic rings. The number of hydrogen-bond donors (Lipinski definition) is 5. The summed E-state index contributed by atoms with van der Waals surface area (Å²) in [5.74, 6) is 1.59. The van der Waals surface area contributed by atoms with Gasteiger partial charge in [-0.15, -0.1) is 0 Å². The van der Waals surface area contributed by atoms with E-state index < -0.39 is 37.3 Å². The summed E-state index contributed by atoms with van der Waals surface area (Å²) < 4.78 is 23.2. The minimum Gasteiger partial charge on any atom is -0.497 e. The number of aromatic nitrogens is 4. The van der Waals surface area contributed by atoms with Crippen LogP contribution in [0.5, 0.6) is 17.2 Å². The highest BCUT2D eigenvalue weighted by Gasteiger charge is 2.44. The number of nitrogens with zero attached hydrogens (tertiary/aromatic N) is 4. The molecule has 13 nitrogen and oxygen atoms in total. The van der Waals surface area contributed by atoms with Gasteiger partial charge >= 0.3 is 0 Å². The number of aromatic amines is 1. The van der Waals surface area contributed by atoms with Crippen LogP contribution in [0.25, 0.3) is 11.2 Å². The third-order valence-corrected chi connectivity index (χ3v) is 5.70. The Kier molecular flexibility index (Phi) is 7.00. The molecule has 0 bridgehead atoms. The topological polar surface area (TPSA) is 177 Å². The number of methoxy groups -OCH3 is 3. The zero-order chi connectivity index (χ0) is 24.4. The molecular weight excluding hydrogens is 450 g/mol. The van der Waals surface area contributed by atoms with Gasteiger partial charge in [0.1, 0.15) is 42.0 Å². The number of benzene rings is 1. The fourth-order valence-corrected chi connectivity index (χ4v) is 3.91. The maximum atomic E-state index is 10.5. The molecule has 0 spiro atoms. The first-order valence-electron chi connectivity index (χ1n) is 10.4. The molecule has 3 aromatic rings. The van der Waals surface area contributed by atoms with Gasteiger partial charge < -0.3 is 44.4 Å². The van der Waals surface area contributed by atoms with Crippen LogP contribution in [-0.4, -0.2) is 92.3 Å². The first-order chi connectivity index (χ1) is 16.4. The normalized spacial score (nSPS) is 25.5. The van der Waals surface area contributed by atoms with E-state index in [0.717, 1.165) is 0 Å². The van der Waals surface area contributed by atoms with Crippen LogP contribution < -0.4 is 19.7 Å². The number of aliphatic hydroxyl groups is 4. The molecule has 0 saturated carbocycles. The van der Waals surface area contributed by atoms with Crippen molar-refractivity contribution in [2.24, 2.45) is 4.99 Å². The Labute approximate surface area is 193 Å². The second-order valence-electron chi connectivity index (χ2n) is 7.63. The third-order valence-electron chi connectivity index (χ3n) is 5.70. The van der Waals surface area contributed by atoms with Gasteiger partial charge in [-0.1, -0.05) is 0 Å². The lowest BCUT2D eigenvalue weighted by Gasteiger charge is -2.40. The van der Waals surface area contributed by atoms with Crippen LogP contribution >= 0.6 is 0 Å². The van der Waals surface area contributed by atoms with Gasteiger partial charge in [0.05, 0.1) is 40.8 Å². The van der Waals surface area contributed by atoms with Crippen LogP contribution in [0, 0.1) is 0 Å². The van der Waals surface area contributed by atoms with E-state index in [1.165, 1.54) is 31.4 Å². The summed E-state index contributed by atoms with van der Waals surface area (Å²) in [6.45, 7) is -0.361.